The van der Waals surface area contributed by atoms with Crippen LogP contribution in [0, 0.1) is 0 Å². The van der Waals surface area contributed by atoms with Crippen molar-refractivity contribution >= 4 is 10.8 Å². The molecule has 2 aromatic rings. The lowest BCUT2D eigenvalue weighted by atomic mass is 9.91. The summed E-state index contributed by atoms with van der Waals surface area (Å²) in [5.41, 5.74) is 1.25. The molecule has 2 nitrogen and oxygen atoms in total. The second-order valence-corrected chi connectivity index (χ2v) is 8.60. The van der Waals surface area contributed by atoms with Crippen LogP contribution in [0.15, 0.2) is 36.4 Å². The van der Waals surface area contributed by atoms with Gasteiger partial charge in [-0.3, -0.25) is 0 Å². The minimum Gasteiger partial charge on any atom is -0.872 e. The molecule has 0 N–H and O–H groups in total. The van der Waals surface area contributed by atoms with Crippen LogP contribution in [-0.2, 0) is 0 Å². The van der Waals surface area contributed by atoms with Crippen LogP contribution in [0.1, 0.15) is 84.1 Å². The summed E-state index contributed by atoms with van der Waals surface area (Å²) in [4.78, 5) is 0. The van der Waals surface area contributed by atoms with Crippen molar-refractivity contribution in [3.63, 3.8) is 0 Å². The van der Waals surface area contributed by atoms with Crippen molar-refractivity contribution < 1.29 is 9.59 Å². The normalized spacial score (nSPS) is 13.1. The summed E-state index contributed by atoms with van der Waals surface area (Å²) in [5, 5.41) is 14.6. The van der Waals surface area contributed by atoms with Gasteiger partial charge in [-0.15, -0.1) is 5.75 Å². The third kappa shape index (κ3) is 5.98. The standard InChI is InChI=1S/C26H41NO/c1-5-9-16-27(17-10-6-2,18-11-7-3)21-22(8-4)24-19-23-14-12-13-15-25(23)26(28)20-24/h12-15,19-20,22H,5-11,16-18,21H2,1-4H3. The van der Waals surface area contributed by atoms with Gasteiger partial charge >= 0.3 is 0 Å². The van der Waals surface area contributed by atoms with E-state index in [1.54, 1.807) is 0 Å². The highest BCUT2D eigenvalue weighted by molar-refractivity contribution is 5.88. The molecule has 2 aromatic carbocycles. The van der Waals surface area contributed by atoms with Crippen molar-refractivity contribution in [1.82, 2.24) is 0 Å². The van der Waals surface area contributed by atoms with Gasteiger partial charge in [0.25, 0.3) is 0 Å². The fourth-order valence-corrected chi connectivity index (χ4v) is 4.56. The minimum absolute atomic E-state index is 0.181. The highest BCUT2D eigenvalue weighted by atomic mass is 16.3. The van der Waals surface area contributed by atoms with Crippen LogP contribution in [0.25, 0.3) is 10.8 Å². The Morgan fingerprint density at radius 2 is 1.39 bits per heavy atom. The van der Waals surface area contributed by atoms with E-state index in [4.69, 9.17) is 0 Å². The Bertz CT molecular complexity index is 687. The number of quaternary nitrogens is 1. The second-order valence-electron chi connectivity index (χ2n) is 8.60. The lowest BCUT2D eigenvalue weighted by molar-refractivity contribution is -0.930. The Balaban J connectivity index is 2.34. The van der Waals surface area contributed by atoms with E-state index in [1.807, 2.05) is 24.3 Å². The minimum atomic E-state index is 0.181. The highest BCUT2D eigenvalue weighted by Crippen LogP contribution is 2.32. The molecule has 0 aliphatic rings. The number of fused-ring (bicyclic) bond motifs is 1. The maximum atomic E-state index is 12.7. The fourth-order valence-electron chi connectivity index (χ4n) is 4.56. The van der Waals surface area contributed by atoms with Crippen LogP contribution in [0.4, 0.5) is 0 Å². The summed E-state index contributed by atoms with van der Waals surface area (Å²) < 4.78 is 1.23. The lowest BCUT2D eigenvalue weighted by Crippen LogP contribution is -2.52. The number of hydrogen-bond acceptors (Lipinski definition) is 1. The van der Waals surface area contributed by atoms with Gasteiger partial charge in [0.2, 0.25) is 0 Å². The predicted octanol–water partition coefficient (Wildman–Crippen LogP) is 6.62. The van der Waals surface area contributed by atoms with Crippen molar-refractivity contribution in [2.45, 2.75) is 78.6 Å². The summed E-state index contributed by atoms with van der Waals surface area (Å²) in [7, 11) is 0. The lowest BCUT2D eigenvalue weighted by Gasteiger charge is -2.42. The number of hydrogen-bond donors (Lipinski definition) is 0. The molecule has 0 saturated carbocycles. The fraction of sp³-hybridized carbons (Fsp3) is 0.615. The third-order valence-corrected chi connectivity index (χ3v) is 6.38. The van der Waals surface area contributed by atoms with E-state index < -0.39 is 0 Å². The van der Waals surface area contributed by atoms with Gasteiger partial charge in [-0.2, -0.15) is 0 Å². The van der Waals surface area contributed by atoms with Crippen LogP contribution in [0.5, 0.6) is 5.75 Å². The summed E-state index contributed by atoms with van der Waals surface area (Å²) in [6.45, 7) is 14.2. The molecular weight excluding hydrogens is 342 g/mol. The first-order chi connectivity index (χ1) is 13.6. The Morgan fingerprint density at radius 3 is 1.93 bits per heavy atom. The van der Waals surface area contributed by atoms with E-state index in [0.29, 0.717) is 5.92 Å². The molecule has 156 valence electrons. The Kier molecular flexibility index (Phi) is 9.31. The monoisotopic (exact) mass is 383 g/mol. The van der Waals surface area contributed by atoms with E-state index in [1.165, 1.54) is 74.8 Å². The zero-order chi connectivity index (χ0) is 20.4. The molecular formula is C26H41NO. The maximum Gasteiger partial charge on any atom is 0.0856 e. The van der Waals surface area contributed by atoms with Crippen molar-refractivity contribution in [3.05, 3.63) is 42.0 Å². The molecule has 0 fully saturated rings. The first-order valence-electron chi connectivity index (χ1n) is 11.6. The van der Waals surface area contributed by atoms with Crippen molar-refractivity contribution in [2.75, 3.05) is 26.2 Å². The molecule has 0 aliphatic carbocycles. The zero-order valence-corrected chi connectivity index (χ0v) is 18.7. The summed E-state index contributed by atoms with van der Waals surface area (Å²) in [6, 6.07) is 12.2. The van der Waals surface area contributed by atoms with Gasteiger partial charge in [0.15, 0.2) is 0 Å². The average Bonchev–Trinajstić information content (AvgIpc) is 2.72. The van der Waals surface area contributed by atoms with Gasteiger partial charge < -0.3 is 9.59 Å². The van der Waals surface area contributed by atoms with Gasteiger partial charge in [-0.25, -0.2) is 0 Å². The first kappa shape index (κ1) is 22.7. The molecule has 0 heterocycles. The van der Waals surface area contributed by atoms with E-state index in [9.17, 15) is 5.11 Å². The van der Waals surface area contributed by atoms with E-state index in [2.05, 4.69) is 39.8 Å². The van der Waals surface area contributed by atoms with Crippen LogP contribution in [0.2, 0.25) is 0 Å². The topological polar surface area (TPSA) is 23.1 Å². The molecule has 2 heteroatoms. The molecule has 0 bridgehead atoms. The number of nitrogens with zero attached hydrogens (tertiary/aromatic N) is 1. The second kappa shape index (κ2) is 11.5. The summed E-state index contributed by atoms with van der Waals surface area (Å²) in [5.74, 6) is 0.642. The third-order valence-electron chi connectivity index (χ3n) is 6.38. The van der Waals surface area contributed by atoms with Crippen LogP contribution in [-0.4, -0.2) is 30.7 Å². The number of benzene rings is 2. The molecule has 0 amide bonds. The molecule has 1 atom stereocenters. The zero-order valence-electron chi connectivity index (χ0n) is 18.7. The largest absolute Gasteiger partial charge is 0.872 e. The average molecular weight is 384 g/mol. The quantitative estimate of drug-likeness (QED) is 0.356. The van der Waals surface area contributed by atoms with E-state index in [0.717, 1.165) is 17.2 Å². The molecule has 1 unspecified atom stereocenters. The van der Waals surface area contributed by atoms with Crippen molar-refractivity contribution in [1.29, 1.82) is 0 Å². The smallest absolute Gasteiger partial charge is 0.0856 e. The van der Waals surface area contributed by atoms with Gasteiger partial charge in [-0.05, 0) is 42.0 Å². The Labute approximate surface area is 173 Å². The molecule has 0 spiro atoms. The Hall–Kier alpha value is -1.54. The molecule has 0 radical (unpaired) electrons. The predicted molar refractivity (Wildman–Crippen MR) is 121 cm³/mol. The highest BCUT2D eigenvalue weighted by Gasteiger charge is 2.30. The van der Waals surface area contributed by atoms with Crippen molar-refractivity contribution in [3.8, 4) is 5.75 Å². The molecule has 0 saturated heterocycles. The summed E-state index contributed by atoms with van der Waals surface area (Å²) >= 11 is 0. The first-order valence-corrected chi connectivity index (χ1v) is 11.6. The van der Waals surface area contributed by atoms with Gasteiger partial charge in [0, 0.05) is 5.92 Å². The number of rotatable bonds is 13. The van der Waals surface area contributed by atoms with Gasteiger partial charge in [0.1, 0.15) is 0 Å². The van der Waals surface area contributed by atoms with Crippen LogP contribution in [0.3, 0.4) is 0 Å². The van der Waals surface area contributed by atoms with Crippen molar-refractivity contribution in [2.24, 2.45) is 0 Å². The van der Waals surface area contributed by atoms with Gasteiger partial charge in [-0.1, -0.05) is 83.4 Å². The van der Waals surface area contributed by atoms with Crippen LogP contribution >= 0.6 is 0 Å². The molecule has 0 aliphatic heterocycles. The number of unbranched alkanes of at least 4 members (excludes halogenated alkanes) is 3. The maximum absolute atomic E-state index is 12.7. The molecule has 28 heavy (non-hydrogen) atoms. The van der Waals surface area contributed by atoms with E-state index in [-0.39, 0.29) is 5.75 Å². The van der Waals surface area contributed by atoms with Crippen LogP contribution < -0.4 is 5.11 Å². The molecule has 0 aromatic heterocycles. The summed E-state index contributed by atoms with van der Waals surface area (Å²) in [6.07, 6.45) is 8.78. The van der Waals surface area contributed by atoms with E-state index >= 15 is 0 Å². The van der Waals surface area contributed by atoms with Gasteiger partial charge in [0.05, 0.1) is 26.2 Å². The molecule has 2 rings (SSSR count). The Morgan fingerprint density at radius 1 is 0.821 bits per heavy atom. The SMILES string of the molecule is CCCC[N+](CCCC)(CCCC)CC(CC)c1cc([O-])c2ccccc2c1.